The maximum Gasteiger partial charge on any atom is 0.247 e. The van der Waals surface area contributed by atoms with E-state index >= 15 is 0 Å². The highest BCUT2D eigenvalue weighted by Gasteiger charge is 2.22. The molecule has 0 aromatic heterocycles. The van der Waals surface area contributed by atoms with Gasteiger partial charge in [-0.25, -0.2) is 0 Å². The monoisotopic (exact) mass is 431 g/mol. The van der Waals surface area contributed by atoms with Crippen LogP contribution in [0, 0.1) is 6.92 Å². The first kappa shape index (κ1) is 26.7. The Morgan fingerprint density at radius 1 is 0.839 bits per heavy atom. The molecule has 6 nitrogen and oxygen atoms in total. The summed E-state index contributed by atoms with van der Waals surface area (Å²) in [6.45, 7) is 4.19. The quantitative estimate of drug-likeness (QED) is 0.303. The van der Waals surface area contributed by atoms with Crippen LogP contribution in [0.25, 0.3) is 0 Å². The summed E-state index contributed by atoms with van der Waals surface area (Å²) in [6.07, 6.45) is 13.5. The Morgan fingerprint density at radius 2 is 1.35 bits per heavy atom. The van der Waals surface area contributed by atoms with E-state index in [1.54, 1.807) is 12.1 Å². The average molecular weight is 432 g/mol. The van der Waals surface area contributed by atoms with Crippen LogP contribution in [0.4, 0.5) is 5.69 Å². The average Bonchev–Trinajstić information content (AvgIpc) is 2.73. The molecule has 174 valence electrons. The molecule has 0 saturated carbocycles. The smallest absolute Gasteiger partial charge is 0.247 e. The summed E-state index contributed by atoms with van der Waals surface area (Å²) >= 11 is 0. The minimum atomic E-state index is -0.959. The molecule has 31 heavy (non-hydrogen) atoms. The molecule has 1 atom stereocenters. The van der Waals surface area contributed by atoms with Gasteiger partial charge in [0.25, 0.3) is 0 Å². The van der Waals surface area contributed by atoms with E-state index in [4.69, 9.17) is 5.73 Å². The summed E-state index contributed by atoms with van der Waals surface area (Å²) in [7, 11) is 0. The van der Waals surface area contributed by atoms with Crippen LogP contribution in [-0.4, -0.2) is 23.8 Å². The van der Waals surface area contributed by atoms with Crippen molar-refractivity contribution in [2.75, 3.05) is 5.32 Å². The summed E-state index contributed by atoms with van der Waals surface area (Å²) in [4.78, 5) is 36.1. The number of anilines is 1. The predicted octanol–water partition coefficient (Wildman–Crippen LogP) is 4.99. The highest BCUT2D eigenvalue weighted by atomic mass is 16.2. The maximum absolute atomic E-state index is 12.5. The lowest BCUT2D eigenvalue weighted by Crippen LogP contribution is -2.46. The highest BCUT2D eigenvalue weighted by molar-refractivity contribution is 5.99. The number of nitrogens with two attached hydrogens (primary N) is 1. The van der Waals surface area contributed by atoms with Gasteiger partial charge in [-0.15, -0.1) is 0 Å². The third-order valence-electron chi connectivity index (χ3n) is 5.38. The normalized spacial score (nSPS) is 11.7. The number of amides is 3. The van der Waals surface area contributed by atoms with E-state index in [9.17, 15) is 14.4 Å². The van der Waals surface area contributed by atoms with Crippen molar-refractivity contribution in [1.29, 1.82) is 0 Å². The van der Waals surface area contributed by atoms with Gasteiger partial charge in [-0.1, -0.05) is 88.8 Å². The van der Waals surface area contributed by atoms with Gasteiger partial charge in [0.2, 0.25) is 17.7 Å². The zero-order valence-electron chi connectivity index (χ0n) is 19.4. The van der Waals surface area contributed by atoms with Gasteiger partial charge in [0.1, 0.15) is 6.04 Å². The predicted molar refractivity (Wildman–Crippen MR) is 127 cm³/mol. The van der Waals surface area contributed by atoms with Crippen molar-refractivity contribution in [3.63, 3.8) is 0 Å². The van der Waals surface area contributed by atoms with Gasteiger partial charge in [-0.05, 0) is 25.5 Å². The number of hydrogen-bond donors (Lipinski definition) is 3. The van der Waals surface area contributed by atoms with Crippen LogP contribution >= 0.6 is 0 Å². The first-order chi connectivity index (χ1) is 14.9. The molecule has 0 bridgehead atoms. The van der Waals surface area contributed by atoms with Crippen LogP contribution in [0.15, 0.2) is 24.3 Å². The maximum atomic E-state index is 12.5. The van der Waals surface area contributed by atoms with Gasteiger partial charge < -0.3 is 16.4 Å². The van der Waals surface area contributed by atoms with Gasteiger partial charge in [0.05, 0.1) is 6.42 Å². The Balaban J connectivity index is 2.25. The van der Waals surface area contributed by atoms with Crippen LogP contribution < -0.4 is 16.4 Å². The number of unbranched alkanes of at least 4 members (excludes halogenated alkanes) is 10. The standard InChI is InChI=1S/C25H41N3O3/c1-3-4-5-6-7-8-9-10-11-12-13-14-24(30)28-22(19-23(26)29)25(31)27-21-17-15-20(2)16-18-21/h15-18,22H,3-14,19H2,1-2H3,(H2,26,29)(H,27,31)(H,28,30)/t22-/m1/s1. The first-order valence-corrected chi connectivity index (χ1v) is 11.9. The minimum absolute atomic E-state index is 0.221. The van der Waals surface area contributed by atoms with Crippen molar-refractivity contribution in [1.82, 2.24) is 5.32 Å². The Bertz CT molecular complexity index is 658. The number of hydrogen-bond acceptors (Lipinski definition) is 3. The number of carbonyl (C=O) groups is 3. The van der Waals surface area contributed by atoms with Crippen LogP contribution in [0.1, 0.15) is 96.0 Å². The summed E-state index contributed by atoms with van der Waals surface area (Å²) in [5.74, 6) is -1.28. The van der Waals surface area contributed by atoms with Crippen molar-refractivity contribution >= 4 is 23.4 Å². The molecular weight excluding hydrogens is 390 g/mol. The van der Waals surface area contributed by atoms with Crippen LogP contribution in [0.5, 0.6) is 0 Å². The van der Waals surface area contributed by atoms with E-state index in [0.29, 0.717) is 12.1 Å². The molecule has 0 aliphatic carbocycles. The third kappa shape index (κ3) is 13.5. The van der Waals surface area contributed by atoms with Gasteiger partial charge in [0, 0.05) is 12.1 Å². The van der Waals surface area contributed by atoms with E-state index < -0.39 is 17.9 Å². The number of benzene rings is 1. The number of nitrogens with one attached hydrogen (secondary N) is 2. The van der Waals surface area contributed by atoms with Crippen LogP contribution in [0.2, 0.25) is 0 Å². The molecule has 0 spiro atoms. The second-order valence-electron chi connectivity index (χ2n) is 8.43. The van der Waals surface area contributed by atoms with Gasteiger partial charge in [0.15, 0.2) is 0 Å². The van der Waals surface area contributed by atoms with Crippen LogP contribution in [-0.2, 0) is 14.4 Å². The fraction of sp³-hybridized carbons (Fsp3) is 0.640. The number of aryl methyl sites for hydroxylation is 1. The lowest BCUT2D eigenvalue weighted by atomic mass is 10.0. The SMILES string of the molecule is CCCCCCCCCCCCCC(=O)N[C@H](CC(N)=O)C(=O)Nc1ccc(C)cc1. The molecule has 0 heterocycles. The van der Waals surface area contributed by atoms with Crippen molar-refractivity contribution in [2.45, 2.75) is 103 Å². The van der Waals surface area contributed by atoms with Gasteiger partial charge in [-0.2, -0.15) is 0 Å². The first-order valence-electron chi connectivity index (χ1n) is 11.9. The Hall–Kier alpha value is -2.37. The Morgan fingerprint density at radius 3 is 1.87 bits per heavy atom. The minimum Gasteiger partial charge on any atom is -0.370 e. The lowest BCUT2D eigenvalue weighted by Gasteiger charge is -2.17. The molecule has 0 aliphatic heterocycles. The fourth-order valence-electron chi connectivity index (χ4n) is 3.49. The third-order valence-corrected chi connectivity index (χ3v) is 5.38. The van der Waals surface area contributed by atoms with E-state index in [1.165, 1.54) is 51.4 Å². The number of carbonyl (C=O) groups excluding carboxylic acids is 3. The summed E-state index contributed by atoms with van der Waals surface area (Å²) < 4.78 is 0. The van der Waals surface area contributed by atoms with E-state index in [1.807, 2.05) is 19.1 Å². The van der Waals surface area contributed by atoms with E-state index in [-0.39, 0.29) is 12.3 Å². The second kappa shape index (κ2) is 16.3. The summed E-state index contributed by atoms with van der Waals surface area (Å²) in [5.41, 5.74) is 6.95. The second-order valence-corrected chi connectivity index (χ2v) is 8.43. The van der Waals surface area contributed by atoms with Crippen molar-refractivity contribution in [3.05, 3.63) is 29.8 Å². The molecular formula is C25H41N3O3. The van der Waals surface area contributed by atoms with Crippen molar-refractivity contribution in [2.24, 2.45) is 5.73 Å². The molecule has 1 rings (SSSR count). The molecule has 0 saturated heterocycles. The largest absolute Gasteiger partial charge is 0.370 e. The zero-order valence-corrected chi connectivity index (χ0v) is 19.4. The Kier molecular flexibility index (Phi) is 14.1. The van der Waals surface area contributed by atoms with E-state index in [2.05, 4.69) is 17.6 Å². The van der Waals surface area contributed by atoms with Crippen LogP contribution in [0.3, 0.4) is 0 Å². The molecule has 4 N–H and O–H groups in total. The van der Waals surface area contributed by atoms with Crippen molar-refractivity contribution in [3.8, 4) is 0 Å². The molecule has 0 aliphatic rings. The topological polar surface area (TPSA) is 101 Å². The Labute approximate surface area is 187 Å². The summed E-state index contributed by atoms with van der Waals surface area (Å²) in [6, 6.07) is 6.36. The number of primary amides is 1. The molecule has 1 aromatic carbocycles. The molecule has 0 radical (unpaired) electrons. The fourth-order valence-corrected chi connectivity index (χ4v) is 3.49. The van der Waals surface area contributed by atoms with Gasteiger partial charge in [-0.3, -0.25) is 14.4 Å². The molecule has 0 fully saturated rings. The summed E-state index contributed by atoms with van der Waals surface area (Å²) in [5, 5.41) is 5.39. The number of rotatable bonds is 17. The molecule has 1 aromatic rings. The van der Waals surface area contributed by atoms with Gasteiger partial charge >= 0.3 is 0 Å². The zero-order chi connectivity index (χ0) is 22.9. The van der Waals surface area contributed by atoms with E-state index in [0.717, 1.165) is 24.8 Å². The lowest BCUT2D eigenvalue weighted by molar-refractivity contribution is -0.128. The highest BCUT2D eigenvalue weighted by Crippen LogP contribution is 2.12. The molecule has 3 amide bonds. The molecule has 6 heteroatoms. The van der Waals surface area contributed by atoms with Crippen molar-refractivity contribution < 1.29 is 14.4 Å². The molecule has 0 unspecified atom stereocenters.